The molecular formula is C23H26N2O5S. The molecule has 0 amide bonds. The fourth-order valence-electron chi connectivity index (χ4n) is 4.72. The number of rotatable bonds is 7. The van der Waals surface area contributed by atoms with Crippen molar-refractivity contribution in [1.82, 2.24) is 10.1 Å². The van der Waals surface area contributed by atoms with Gasteiger partial charge in [-0.2, -0.15) is 4.98 Å². The first-order chi connectivity index (χ1) is 14.9. The number of aliphatic carboxylic acids is 1. The minimum absolute atomic E-state index is 0.105. The fraction of sp³-hybridized carbons (Fsp3) is 0.565. The number of methoxy groups -OCH3 is 1. The van der Waals surface area contributed by atoms with Crippen LogP contribution in [0.3, 0.4) is 0 Å². The SMILES string of the molecule is COC1(C)CCc2c(sc(CC(=O)C3=C(C(=O)O)CCC3)c2-c2nc(C3CC3)no2)C1. The van der Waals surface area contributed by atoms with Gasteiger partial charge in [0.25, 0.3) is 5.89 Å². The van der Waals surface area contributed by atoms with E-state index in [0.29, 0.717) is 30.2 Å². The number of Topliss-reactive ketones (excluding diaryl/α,β-unsaturated/α-hetero) is 1. The van der Waals surface area contributed by atoms with Crippen molar-refractivity contribution < 1.29 is 24.0 Å². The summed E-state index contributed by atoms with van der Waals surface area (Å²) in [6.07, 6.45) is 6.54. The van der Waals surface area contributed by atoms with Crippen molar-refractivity contribution >= 4 is 23.1 Å². The third-order valence-electron chi connectivity index (χ3n) is 6.83. The van der Waals surface area contributed by atoms with Gasteiger partial charge in [-0.1, -0.05) is 5.16 Å². The third-order valence-corrected chi connectivity index (χ3v) is 8.06. The van der Waals surface area contributed by atoms with Gasteiger partial charge in [0.15, 0.2) is 11.6 Å². The van der Waals surface area contributed by atoms with Crippen LogP contribution in [0.2, 0.25) is 0 Å². The highest BCUT2D eigenvalue weighted by Crippen LogP contribution is 2.45. The van der Waals surface area contributed by atoms with Crippen LogP contribution in [0.5, 0.6) is 0 Å². The van der Waals surface area contributed by atoms with Crippen molar-refractivity contribution in [3.05, 3.63) is 32.3 Å². The molecule has 164 valence electrons. The van der Waals surface area contributed by atoms with Gasteiger partial charge in [0.2, 0.25) is 0 Å². The zero-order valence-corrected chi connectivity index (χ0v) is 18.6. The molecule has 2 heterocycles. The van der Waals surface area contributed by atoms with Gasteiger partial charge in [-0.25, -0.2) is 4.79 Å². The van der Waals surface area contributed by atoms with Crippen molar-refractivity contribution in [2.45, 2.75) is 76.2 Å². The van der Waals surface area contributed by atoms with Crippen LogP contribution in [-0.2, 0) is 33.6 Å². The number of fused-ring (bicyclic) bond motifs is 1. The highest BCUT2D eigenvalue weighted by molar-refractivity contribution is 7.12. The zero-order valence-electron chi connectivity index (χ0n) is 17.8. The summed E-state index contributed by atoms with van der Waals surface area (Å²) in [6.45, 7) is 2.11. The quantitative estimate of drug-likeness (QED) is 0.684. The number of carbonyl (C=O) groups is 2. The second-order valence-corrected chi connectivity index (χ2v) is 10.3. The molecule has 0 saturated heterocycles. The molecule has 1 saturated carbocycles. The Balaban J connectivity index is 1.53. The van der Waals surface area contributed by atoms with Gasteiger partial charge >= 0.3 is 5.97 Å². The molecule has 3 aliphatic carbocycles. The minimum Gasteiger partial charge on any atom is -0.478 e. The van der Waals surface area contributed by atoms with E-state index >= 15 is 0 Å². The Morgan fingerprint density at radius 2 is 2.03 bits per heavy atom. The lowest BCUT2D eigenvalue weighted by Gasteiger charge is -2.32. The third kappa shape index (κ3) is 3.76. The van der Waals surface area contributed by atoms with Gasteiger partial charge in [0.1, 0.15) is 0 Å². The standard InChI is InChI=1S/C23H26N2O5S/c1-23(29-2)9-8-15-18(11-23)31-17(10-16(26)13-4-3-5-14(13)22(27)28)19(15)21-24-20(25-30-21)12-6-7-12/h12H,3-11H2,1-2H3,(H,27,28). The average molecular weight is 443 g/mol. The minimum atomic E-state index is -0.978. The number of hydrogen-bond acceptors (Lipinski definition) is 7. The molecule has 2 aromatic rings. The number of carboxylic acid groups (broad SMARTS) is 1. The van der Waals surface area contributed by atoms with E-state index in [1.165, 1.54) is 10.4 Å². The van der Waals surface area contributed by atoms with E-state index in [9.17, 15) is 14.7 Å². The Bertz CT molecular complexity index is 1090. The number of carboxylic acids is 1. The van der Waals surface area contributed by atoms with Crippen LogP contribution in [0.1, 0.15) is 72.5 Å². The molecule has 1 atom stereocenters. The first-order valence-corrected chi connectivity index (χ1v) is 11.7. The van der Waals surface area contributed by atoms with Crippen molar-refractivity contribution in [1.29, 1.82) is 0 Å². The van der Waals surface area contributed by atoms with Gasteiger partial charge in [0, 0.05) is 46.8 Å². The van der Waals surface area contributed by atoms with Crippen molar-refractivity contribution in [2.24, 2.45) is 0 Å². The molecule has 0 radical (unpaired) electrons. The van der Waals surface area contributed by atoms with Gasteiger partial charge in [-0.05, 0) is 57.4 Å². The maximum absolute atomic E-state index is 13.1. The van der Waals surface area contributed by atoms with Gasteiger partial charge < -0.3 is 14.4 Å². The fourth-order valence-corrected chi connectivity index (χ4v) is 6.24. The summed E-state index contributed by atoms with van der Waals surface area (Å²) in [5.41, 5.74) is 2.58. The molecule has 5 rings (SSSR count). The van der Waals surface area contributed by atoms with Crippen LogP contribution < -0.4 is 0 Å². The molecule has 0 spiro atoms. The molecule has 1 unspecified atom stereocenters. The molecule has 0 aromatic carbocycles. The first-order valence-electron chi connectivity index (χ1n) is 10.9. The van der Waals surface area contributed by atoms with E-state index < -0.39 is 5.97 Å². The molecule has 0 bridgehead atoms. The normalized spacial score (nSPS) is 23.3. The predicted molar refractivity (Wildman–Crippen MR) is 114 cm³/mol. The number of ketones is 1. The van der Waals surface area contributed by atoms with Crippen LogP contribution in [0, 0.1) is 0 Å². The topological polar surface area (TPSA) is 103 Å². The van der Waals surface area contributed by atoms with E-state index in [2.05, 4.69) is 17.1 Å². The highest BCUT2D eigenvalue weighted by Gasteiger charge is 2.37. The summed E-state index contributed by atoms with van der Waals surface area (Å²) >= 11 is 1.61. The monoisotopic (exact) mass is 442 g/mol. The van der Waals surface area contributed by atoms with Crippen molar-refractivity contribution in [2.75, 3.05) is 7.11 Å². The van der Waals surface area contributed by atoms with Gasteiger partial charge in [0.05, 0.1) is 11.2 Å². The lowest BCUT2D eigenvalue weighted by atomic mass is 9.84. The molecule has 31 heavy (non-hydrogen) atoms. The zero-order chi connectivity index (χ0) is 21.8. The summed E-state index contributed by atoms with van der Waals surface area (Å²) < 4.78 is 11.4. The molecule has 7 nitrogen and oxygen atoms in total. The maximum atomic E-state index is 13.1. The maximum Gasteiger partial charge on any atom is 0.331 e. The largest absolute Gasteiger partial charge is 0.478 e. The van der Waals surface area contributed by atoms with Crippen molar-refractivity contribution in [3.8, 4) is 11.5 Å². The van der Waals surface area contributed by atoms with E-state index in [-0.39, 0.29) is 23.4 Å². The Morgan fingerprint density at radius 3 is 2.74 bits per heavy atom. The molecule has 1 N–H and O–H groups in total. The summed E-state index contributed by atoms with van der Waals surface area (Å²) in [6, 6.07) is 0. The Hall–Kier alpha value is -2.32. The predicted octanol–water partition coefficient (Wildman–Crippen LogP) is 4.25. The second kappa shape index (κ2) is 7.67. The number of aromatic nitrogens is 2. The lowest BCUT2D eigenvalue weighted by Crippen LogP contribution is -2.33. The van der Waals surface area contributed by atoms with Crippen molar-refractivity contribution in [3.63, 3.8) is 0 Å². The number of ether oxygens (including phenoxy) is 1. The average Bonchev–Trinajstić information content (AvgIpc) is 3.16. The number of allylic oxidation sites excluding steroid dienone is 1. The lowest BCUT2D eigenvalue weighted by molar-refractivity contribution is -0.133. The molecule has 2 aromatic heterocycles. The summed E-state index contributed by atoms with van der Waals surface area (Å²) in [5.74, 6) is 0.536. The Morgan fingerprint density at radius 1 is 1.26 bits per heavy atom. The highest BCUT2D eigenvalue weighted by atomic mass is 32.1. The van der Waals surface area contributed by atoms with E-state index in [1.54, 1.807) is 18.4 Å². The summed E-state index contributed by atoms with van der Waals surface area (Å²) in [5, 5.41) is 13.6. The molecule has 3 aliphatic rings. The van der Waals surface area contributed by atoms with Crippen LogP contribution in [0.15, 0.2) is 15.7 Å². The van der Waals surface area contributed by atoms with Gasteiger partial charge in [-0.3, -0.25) is 4.79 Å². The number of hydrogen-bond donors (Lipinski definition) is 1. The smallest absolute Gasteiger partial charge is 0.331 e. The first kappa shape index (κ1) is 20.6. The molecule has 0 aliphatic heterocycles. The Labute approximate surface area is 184 Å². The summed E-state index contributed by atoms with van der Waals surface area (Å²) in [4.78, 5) is 31.4. The Kier molecular flexibility index (Phi) is 5.09. The molecule has 8 heteroatoms. The van der Waals surface area contributed by atoms with E-state index in [1.807, 2.05) is 0 Å². The van der Waals surface area contributed by atoms with Crippen LogP contribution in [0.4, 0.5) is 0 Å². The number of carbonyl (C=O) groups excluding carboxylic acids is 1. The van der Waals surface area contributed by atoms with Gasteiger partial charge in [-0.15, -0.1) is 11.3 Å². The van der Waals surface area contributed by atoms with Crippen LogP contribution >= 0.6 is 11.3 Å². The second-order valence-electron chi connectivity index (χ2n) is 9.08. The number of thiophene rings is 1. The van der Waals surface area contributed by atoms with E-state index in [4.69, 9.17) is 9.26 Å². The molecular weight excluding hydrogens is 416 g/mol. The molecule has 1 fully saturated rings. The van der Waals surface area contributed by atoms with Crippen LogP contribution in [0.25, 0.3) is 11.5 Å². The number of nitrogens with zero attached hydrogens (tertiary/aromatic N) is 2. The van der Waals surface area contributed by atoms with Crippen LogP contribution in [-0.4, -0.2) is 39.7 Å². The van der Waals surface area contributed by atoms with E-state index in [0.717, 1.165) is 54.8 Å². The summed E-state index contributed by atoms with van der Waals surface area (Å²) in [7, 11) is 1.74.